The molecule has 0 fully saturated rings. The van der Waals surface area contributed by atoms with E-state index in [2.05, 4.69) is 10.6 Å². The molecule has 4 nitrogen and oxygen atoms in total. The maximum atomic E-state index is 12.9. The lowest BCUT2D eigenvalue weighted by atomic mass is 9.90. The second-order valence-electron chi connectivity index (χ2n) is 5.71. The molecule has 0 bridgehead atoms. The molecule has 0 aromatic heterocycles. The second kappa shape index (κ2) is 8.27. The highest BCUT2D eigenvalue weighted by Crippen LogP contribution is 2.25. The van der Waals surface area contributed by atoms with Gasteiger partial charge in [0.05, 0.1) is 11.6 Å². The Morgan fingerprint density at radius 1 is 0.808 bits per heavy atom. The predicted octanol–water partition coefficient (Wildman–Crippen LogP) is 4.04. The number of hydrogen-bond donors (Lipinski definition) is 3. The Bertz CT molecular complexity index is 859. The topological polar surface area (TPSA) is 61.4 Å². The minimum Gasteiger partial charge on any atom is -0.506 e. The van der Waals surface area contributed by atoms with E-state index in [1.54, 1.807) is 24.3 Å². The molecular formula is C21H18N2O2S. The van der Waals surface area contributed by atoms with Gasteiger partial charge in [-0.3, -0.25) is 4.79 Å². The summed E-state index contributed by atoms with van der Waals surface area (Å²) in [6.07, 6.45) is 0. The SMILES string of the molecule is O=C(NC(=S)Nc1ccccc1O)C(c1ccccc1)c1ccccc1. The number of rotatable bonds is 4. The Morgan fingerprint density at radius 2 is 1.31 bits per heavy atom. The minimum absolute atomic E-state index is 0.0618. The summed E-state index contributed by atoms with van der Waals surface area (Å²) >= 11 is 5.24. The summed E-state index contributed by atoms with van der Waals surface area (Å²) in [5.74, 6) is -0.663. The lowest BCUT2D eigenvalue weighted by Crippen LogP contribution is -2.37. The van der Waals surface area contributed by atoms with Crippen molar-refractivity contribution in [1.82, 2.24) is 5.32 Å². The number of nitrogens with one attached hydrogen (secondary N) is 2. The van der Waals surface area contributed by atoms with Gasteiger partial charge in [0.25, 0.3) is 0 Å². The smallest absolute Gasteiger partial charge is 0.238 e. The molecule has 0 unspecified atom stereocenters. The molecule has 0 aliphatic heterocycles. The first-order chi connectivity index (χ1) is 12.6. The molecule has 0 aliphatic carbocycles. The average molecular weight is 362 g/mol. The van der Waals surface area contributed by atoms with Crippen LogP contribution in [-0.2, 0) is 4.79 Å². The molecule has 0 saturated heterocycles. The van der Waals surface area contributed by atoms with Gasteiger partial charge in [0.1, 0.15) is 5.75 Å². The van der Waals surface area contributed by atoms with E-state index in [1.165, 1.54) is 0 Å². The Morgan fingerprint density at radius 3 is 1.85 bits per heavy atom. The van der Waals surface area contributed by atoms with Crippen LogP contribution in [0.15, 0.2) is 84.9 Å². The van der Waals surface area contributed by atoms with Gasteiger partial charge in [0, 0.05) is 0 Å². The predicted molar refractivity (Wildman–Crippen MR) is 107 cm³/mol. The molecular weight excluding hydrogens is 344 g/mol. The number of para-hydroxylation sites is 2. The molecule has 1 amide bonds. The van der Waals surface area contributed by atoms with Crippen LogP contribution >= 0.6 is 12.2 Å². The zero-order chi connectivity index (χ0) is 18.4. The summed E-state index contributed by atoms with van der Waals surface area (Å²) in [7, 11) is 0. The molecule has 3 N–H and O–H groups in total. The number of anilines is 1. The third kappa shape index (κ3) is 4.26. The van der Waals surface area contributed by atoms with Gasteiger partial charge >= 0.3 is 0 Å². The summed E-state index contributed by atoms with van der Waals surface area (Å²) in [4.78, 5) is 12.9. The van der Waals surface area contributed by atoms with Gasteiger partial charge in [-0.25, -0.2) is 0 Å². The maximum absolute atomic E-state index is 12.9. The van der Waals surface area contributed by atoms with Crippen molar-refractivity contribution in [3.8, 4) is 5.75 Å². The maximum Gasteiger partial charge on any atom is 0.238 e. The molecule has 3 aromatic carbocycles. The highest BCUT2D eigenvalue weighted by Gasteiger charge is 2.23. The van der Waals surface area contributed by atoms with Crippen LogP contribution in [0.4, 0.5) is 5.69 Å². The van der Waals surface area contributed by atoms with Crippen molar-refractivity contribution >= 4 is 28.9 Å². The normalized spacial score (nSPS) is 10.3. The molecule has 26 heavy (non-hydrogen) atoms. The Balaban J connectivity index is 1.80. The lowest BCUT2D eigenvalue weighted by Gasteiger charge is -2.19. The van der Waals surface area contributed by atoms with E-state index in [0.29, 0.717) is 5.69 Å². The Labute approximate surface area is 157 Å². The summed E-state index contributed by atoms with van der Waals surface area (Å²) in [5.41, 5.74) is 2.19. The molecule has 0 aliphatic rings. The number of carbonyl (C=O) groups is 1. The Hall–Kier alpha value is -3.18. The summed E-state index contributed by atoms with van der Waals surface area (Å²) in [6, 6.07) is 25.8. The zero-order valence-corrected chi connectivity index (χ0v) is 14.7. The fourth-order valence-corrected chi connectivity index (χ4v) is 2.91. The highest BCUT2D eigenvalue weighted by molar-refractivity contribution is 7.80. The quantitative estimate of drug-likeness (QED) is 0.484. The van der Waals surface area contributed by atoms with E-state index >= 15 is 0 Å². The van der Waals surface area contributed by atoms with Crippen molar-refractivity contribution < 1.29 is 9.90 Å². The fourth-order valence-electron chi connectivity index (χ4n) is 2.70. The fraction of sp³-hybridized carbons (Fsp3) is 0.0476. The number of phenols is 1. The van der Waals surface area contributed by atoms with Crippen molar-refractivity contribution in [2.45, 2.75) is 5.92 Å². The van der Waals surface area contributed by atoms with Crippen LogP contribution in [0.3, 0.4) is 0 Å². The number of benzene rings is 3. The average Bonchev–Trinajstić information content (AvgIpc) is 2.65. The monoisotopic (exact) mass is 362 g/mol. The largest absolute Gasteiger partial charge is 0.506 e. The molecule has 5 heteroatoms. The van der Waals surface area contributed by atoms with Crippen LogP contribution < -0.4 is 10.6 Å². The lowest BCUT2D eigenvalue weighted by molar-refractivity contribution is -0.120. The number of amides is 1. The third-order valence-corrected chi connectivity index (χ3v) is 4.12. The van der Waals surface area contributed by atoms with Gasteiger partial charge in [-0.15, -0.1) is 0 Å². The van der Waals surface area contributed by atoms with E-state index in [-0.39, 0.29) is 16.8 Å². The first kappa shape index (κ1) is 17.6. The summed E-state index contributed by atoms with van der Waals surface area (Å²) in [5, 5.41) is 15.5. The number of aromatic hydroxyl groups is 1. The van der Waals surface area contributed by atoms with E-state index < -0.39 is 5.92 Å². The number of hydrogen-bond acceptors (Lipinski definition) is 3. The van der Waals surface area contributed by atoms with Crippen molar-refractivity contribution in [1.29, 1.82) is 0 Å². The third-order valence-electron chi connectivity index (χ3n) is 3.92. The molecule has 0 spiro atoms. The second-order valence-corrected chi connectivity index (χ2v) is 6.12. The first-order valence-corrected chi connectivity index (χ1v) is 8.55. The van der Waals surface area contributed by atoms with Crippen LogP contribution in [0.25, 0.3) is 0 Å². The van der Waals surface area contributed by atoms with Crippen LogP contribution in [0.5, 0.6) is 5.75 Å². The number of carbonyl (C=O) groups excluding carboxylic acids is 1. The van der Waals surface area contributed by atoms with E-state index in [0.717, 1.165) is 11.1 Å². The molecule has 0 atom stereocenters. The first-order valence-electron chi connectivity index (χ1n) is 8.15. The Kier molecular flexibility index (Phi) is 5.61. The number of thiocarbonyl (C=S) groups is 1. The van der Waals surface area contributed by atoms with Gasteiger partial charge in [-0.1, -0.05) is 72.8 Å². The van der Waals surface area contributed by atoms with Gasteiger partial charge in [0.15, 0.2) is 5.11 Å². The van der Waals surface area contributed by atoms with Crippen LogP contribution in [0.2, 0.25) is 0 Å². The van der Waals surface area contributed by atoms with Crippen LogP contribution in [0, 0.1) is 0 Å². The van der Waals surface area contributed by atoms with Crippen molar-refractivity contribution in [2.75, 3.05) is 5.32 Å². The standard InChI is InChI=1S/C21H18N2O2S/c24-18-14-8-7-13-17(18)22-21(26)23-20(25)19(15-9-3-1-4-10-15)16-11-5-2-6-12-16/h1-14,19,24H,(H2,22,23,25,26). The van der Waals surface area contributed by atoms with Gasteiger partial charge < -0.3 is 15.7 Å². The van der Waals surface area contributed by atoms with Crippen molar-refractivity contribution in [2.24, 2.45) is 0 Å². The highest BCUT2D eigenvalue weighted by atomic mass is 32.1. The number of phenolic OH excluding ortho intramolecular Hbond substituents is 1. The molecule has 0 radical (unpaired) electrons. The van der Waals surface area contributed by atoms with Gasteiger partial charge in [-0.2, -0.15) is 0 Å². The summed E-state index contributed by atoms with van der Waals surface area (Å²) < 4.78 is 0. The molecule has 0 heterocycles. The molecule has 0 saturated carbocycles. The molecule has 3 rings (SSSR count). The minimum atomic E-state index is -0.485. The van der Waals surface area contributed by atoms with Crippen molar-refractivity contribution in [3.63, 3.8) is 0 Å². The molecule has 130 valence electrons. The van der Waals surface area contributed by atoms with Crippen LogP contribution in [0.1, 0.15) is 17.0 Å². The van der Waals surface area contributed by atoms with E-state index in [4.69, 9.17) is 12.2 Å². The van der Waals surface area contributed by atoms with Crippen molar-refractivity contribution in [3.05, 3.63) is 96.1 Å². The van der Waals surface area contributed by atoms with E-state index in [1.807, 2.05) is 60.7 Å². The van der Waals surface area contributed by atoms with E-state index in [9.17, 15) is 9.90 Å². The van der Waals surface area contributed by atoms with Gasteiger partial charge in [-0.05, 0) is 35.5 Å². The van der Waals surface area contributed by atoms with Crippen LogP contribution in [-0.4, -0.2) is 16.1 Å². The zero-order valence-electron chi connectivity index (χ0n) is 13.9. The molecule has 3 aromatic rings. The van der Waals surface area contributed by atoms with Gasteiger partial charge in [0.2, 0.25) is 5.91 Å². The summed E-state index contributed by atoms with van der Waals surface area (Å²) in [6.45, 7) is 0.